The van der Waals surface area contributed by atoms with Crippen molar-refractivity contribution < 1.29 is 18.7 Å². The number of imide groups is 1. The van der Waals surface area contributed by atoms with Crippen LogP contribution in [0.15, 0.2) is 72.4 Å². The fourth-order valence-corrected chi connectivity index (χ4v) is 3.70. The van der Waals surface area contributed by atoms with E-state index in [1.54, 1.807) is 24.3 Å². The predicted octanol–water partition coefficient (Wildman–Crippen LogP) is 5.63. The van der Waals surface area contributed by atoms with Crippen molar-refractivity contribution in [1.82, 2.24) is 0 Å². The third-order valence-corrected chi connectivity index (χ3v) is 5.42. The normalized spacial score (nSPS) is 13.6. The number of anilines is 2. The maximum atomic E-state index is 13.6. The van der Waals surface area contributed by atoms with Gasteiger partial charge in [-0.05, 0) is 67.3 Å². The minimum absolute atomic E-state index is 0.153. The number of rotatable bonds is 7. The summed E-state index contributed by atoms with van der Waals surface area (Å²) in [5.74, 6) is -0.799. The Balaban J connectivity index is 1.79. The molecule has 0 bridgehead atoms. The molecule has 3 aromatic carbocycles. The monoisotopic (exact) mass is 444 g/mol. The van der Waals surface area contributed by atoms with Gasteiger partial charge in [0, 0.05) is 11.8 Å². The fraction of sp³-hybridized carbons (Fsp3) is 0.185. The lowest BCUT2D eigenvalue weighted by Gasteiger charge is -2.17. The molecule has 0 atom stereocenters. The number of hydrogen-bond donors (Lipinski definition) is 1. The second kappa shape index (κ2) is 9.28. The van der Waals surface area contributed by atoms with E-state index >= 15 is 0 Å². The molecule has 0 aliphatic carbocycles. The molecule has 6 heteroatoms. The smallest absolute Gasteiger partial charge is 0.282 e. The molecule has 33 heavy (non-hydrogen) atoms. The largest absolute Gasteiger partial charge is 0.494 e. The minimum atomic E-state index is -0.480. The molecule has 1 aliphatic heterocycles. The van der Waals surface area contributed by atoms with E-state index in [4.69, 9.17) is 4.74 Å². The number of nitrogens with zero attached hydrogens (tertiary/aromatic N) is 1. The van der Waals surface area contributed by atoms with Gasteiger partial charge in [0.25, 0.3) is 11.8 Å². The average molecular weight is 445 g/mol. The van der Waals surface area contributed by atoms with Crippen LogP contribution in [0, 0.1) is 19.7 Å². The van der Waals surface area contributed by atoms with Crippen molar-refractivity contribution in [2.75, 3.05) is 16.8 Å². The van der Waals surface area contributed by atoms with Gasteiger partial charge in [-0.25, -0.2) is 9.29 Å². The third-order valence-electron chi connectivity index (χ3n) is 5.42. The van der Waals surface area contributed by atoms with Crippen molar-refractivity contribution in [2.24, 2.45) is 0 Å². The van der Waals surface area contributed by atoms with E-state index in [1.807, 2.05) is 39.0 Å². The van der Waals surface area contributed by atoms with Gasteiger partial charge in [0.2, 0.25) is 0 Å². The number of nitrogens with one attached hydrogen (secondary N) is 1. The van der Waals surface area contributed by atoms with Gasteiger partial charge in [0.1, 0.15) is 17.3 Å². The molecule has 0 fully saturated rings. The summed E-state index contributed by atoms with van der Waals surface area (Å²) in [6.07, 6.45) is 0.839. The van der Waals surface area contributed by atoms with Crippen LogP contribution in [0.3, 0.4) is 0 Å². The fourth-order valence-electron chi connectivity index (χ4n) is 3.70. The number of aryl methyl sites for hydroxylation is 2. The van der Waals surface area contributed by atoms with Crippen LogP contribution < -0.4 is 15.0 Å². The Hall–Kier alpha value is -3.93. The molecular formula is C27H25FN2O3. The summed E-state index contributed by atoms with van der Waals surface area (Å²) in [7, 11) is 0. The van der Waals surface area contributed by atoms with Gasteiger partial charge < -0.3 is 10.1 Å². The van der Waals surface area contributed by atoms with Crippen LogP contribution in [0.5, 0.6) is 5.75 Å². The molecule has 168 valence electrons. The Bertz CT molecular complexity index is 1250. The van der Waals surface area contributed by atoms with Crippen LogP contribution in [-0.4, -0.2) is 18.4 Å². The number of benzene rings is 3. The first-order valence-corrected chi connectivity index (χ1v) is 10.8. The first-order valence-electron chi connectivity index (χ1n) is 10.8. The van der Waals surface area contributed by atoms with Crippen molar-refractivity contribution in [1.29, 1.82) is 0 Å². The van der Waals surface area contributed by atoms with Crippen molar-refractivity contribution >= 4 is 28.8 Å². The lowest BCUT2D eigenvalue weighted by atomic mass is 10.0. The molecular weight excluding hydrogens is 419 g/mol. The highest BCUT2D eigenvalue weighted by atomic mass is 19.1. The van der Waals surface area contributed by atoms with E-state index in [1.165, 1.54) is 24.3 Å². The van der Waals surface area contributed by atoms with Gasteiger partial charge in [-0.15, -0.1) is 0 Å². The van der Waals surface area contributed by atoms with Crippen LogP contribution in [-0.2, 0) is 9.59 Å². The van der Waals surface area contributed by atoms with Crippen LogP contribution in [0.2, 0.25) is 0 Å². The van der Waals surface area contributed by atoms with E-state index in [9.17, 15) is 14.0 Å². The Morgan fingerprint density at radius 2 is 1.70 bits per heavy atom. The second-order valence-corrected chi connectivity index (χ2v) is 7.99. The molecule has 3 aromatic rings. The maximum Gasteiger partial charge on any atom is 0.282 e. The first-order chi connectivity index (χ1) is 15.9. The molecule has 0 spiro atoms. The van der Waals surface area contributed by atoms with E-state index in [0.29, 0.717) is 23.6 Å². The van der Waals surface area contributed by atoms with E-state index in [-0.39, 0.29) is 11.3 Å². The van der Waals surface area contributed by atoms with Crippen LogP contribution in [0.4, 0.5) is 15.8 Å². The van der Waals surface area contributed by atoms with Gasteiger partial charge in [-0.2, -0.15) is 0 Å². The molecule has 0 saturated carbocycles. The van der Waals surface area contributed by atoms with Crippen molar-refractivity contribution in [3.05, 3.63) is 94.9 Å². The van der Waals surface area contributed by atoms with Crippen molar-refractivity contribution in [2.45, 2.75) is 27.2 Å². The van der Waals surface area contributed by atoms with Crippen molar-refractivity contribution in [3.8, 4) is 5.75 Å². The van der Waals surface area contributed by atoms with Gasteiger partial charge in [0.15, 0.2) is 0 Å². The number of amides is 2. The molecule has 1 heterocycles. The number of carbonyl (C=O) groups is 2. The highest BCUT2D eigenvalue weighted by Gasteiger charge is 2.40. The molecule has 1 N–H and O–H groups in total. The minimum Gasteiger partial charge on any atom is -0.494 e. The molecule has 4 rings (SSSR count). The van der Waals surface area contributed by atoms with E-state index < -0.39 is 17.6 Å². The average Bonchev–Trinajstić information content (AvgIpc) is 3.05. The highest BCUT2D eigenvalue weighted by Crippen LogP contribution is 2.35. The standard InChI is InChI=1S/C27H25FN2O3/c1-4-14-33-22-7-5-6-21(16-22)30-26(31)24(19-10-12-20(28)13-11-19)25(27(30)32)29-23-15-17(2)8-9-18(23)3/h5-13,15-16,29H,4,14H2,1-3H3. The summed E-state index contributed by atoms with van der Waals surface area (Å²) in [6.45, 7) is 6.41. The quantitative estimate of drug-likeness (QED) is 0.480. The number of carbonyl (C=O) groups excluding carboxylic acids is 2. The lowest BCUT2D eigenvalue weighted by Crippen LogP contribution is -2.32. The van der Waals surface area contributed by atoms with Gasteiger partial charge in [0.05, 0.1) is 17.9 Å². The zero-order valence-corrected chi connectivity index (χ0v) is 18.8. The van der Waals surface area contributed by atoms with Gasteiger partial charge >= 0.3 is 0 Å². The lowest BCUT2D eigenvalue weighted by molar-refractivity contribution is -0.120. The number of hydrogen-bond acceptors (Lipinski definition) is 4. The highest BCUT2D eigenvalue weighted by molar-refractivity contribution is 6.46. The molecule has 0 radical (unpaired) electrons. The Morgan fingerprint density at radius 3 is 2.42 bits per heavy atom. The molecule has 2 amide bonds. The Kier molecular flexibility index (Phi) is 6.27. The topological polar surface area (TPSA) is 58.6 Å². The molecule has 0 aromatic heterocycles. The Labute approximate surface area is 192 Å². The predicted molar refractivity (Wildman–Crippen MR) is 128 cm³/mol. The van der Waals surface area contributed by atoms with Gasteiger partial charge in [-0.3, -0.25) is 9.59 Å². The molecule has 1 aliphatic rings. The summed E-state index contributed by atoms with van der Waals surface area (Å²) < 4.78 is 19.3. The van der Waals surface area contributed by atoms with Crippen molar-refractivity contribution in [3.63, 3.8) is 0 Å². The molecule has 5 nitrogen and oxygen atoms in total. The van der Waals surface area contributed by atoms with Crippen LogP contribution >= 0.6 is 0 Å². The zero-order valence-electron chi connectivity index (χ0n) is 18.8. The SMILES string of the molecule is CCCOc1cccc(N2C(=O)C(Nc3cc(C)ccc3C)=C(c3ccc(F)cc3)C2=O)c1. The zero-order chi connectivity index (χ0) is 23.5. The second-order valence-electron chi connectivity index (χ2n) is 7.99. The summed E-state index contributed by atoms with van der Waals surface area (Å²) in [4.78, 5) is 28.2. The summed E-state index contributed by atoms with van der Waals surface area (Å²) in [5.41, 5.74) is 3.90. The first kappa shape index (κ1) is 22.3. The van der Waals surface area contributed by atoms with Crippen LogP contribution in [0.25, 0.3) is 5.57 Å². The van der Waals surface area contributed by atoms with E-state index in [0.717, 1.165) is 28.1 Å². The number of halogens is 1. The summed E-state index contributed by atoms with van der Waals surface area (Å²) >= 11 is 0. The summed E-state index contributed by atoms with van der Waals surface area (Å²) in [5, 5.41) is 3.18. The maximum absolute atomic E-state index is 13.6. The number of ether oxygens (including phenoxy) is 1. The van der Waals surface area contributed by atoms with Crippen LogP contribution in [0.1, 0.15) is 30.0 Å². The summed E-state index contributed by atoms with van der Waals surface area (Å²) in [6, 6.07) is 18.3. The Morgan fingerprint density at radius 1 is 0.939 bits per heavy atom. The van der Waals surface area contributed by atoms with E-state index in [2.05, 4.69) is 5.32 Å². The molecule has 0 unspecified atom stereocenters. The molecule has 0 saturated heterocycles. The van der Waals surface area contributed by atoms with Gasteiger partial charge in [-0.1, -0.05) is 37.3 Å². The third kappa shape index (κ3) is 4.51.